The van der Waals surface area contributed by atoms with E-state index in [-0.39, 0.29) is 0 Å². The Morgan fingerprint density at radius 2 is 0.628 bits per heavy atom. The number of hydrogen-bond donors (Lipinski definition) is 4. The highest BCUT2D eigenvalue weighted by molar-refractivity contribution is 7.45. The van der Waals surface area contributed by atoms with Crippen molar-refractivity contribution < 1.29 is 18.5 Å². The molecule has 0 spiro atoms. The Kier molecular flexibility index (Phi) is 48.1. The van der Waals surface area contributed by atoms with E-state index in [0.29, 0.717) is 0 Å². The van der Waals surface area contributed by atoms with Gasteiger partial charge in [-0.15, -0.1) is 4.20 Å². The maximum Gasteiger partial charge on any atom is 0.507 e. The van der Waals surface area contributed by atoms with E-state index in [1.165, 1.54) is 193 Å². The first-order valence-corrected chi connectivity index (χ1v) is 20.1. The molecule has 5 nitrogen and oxygen atoms in total. The fourth-order valence-electron chi connectivity index (χ4n) is 5.08. The second kappa shape index (κ2) is 43.9. The highest BCUT2D eigenvalue weighted by atomic mass is 31.2. The summed E-state index contributed by atoms with van der Waals surface area (Å²) in [6, 6.07) is 0. The number of allylic oxidation sites excluding steroid dienone is 2. The van der Waals surface area contributed by atoms with Crippen molar-refractivity contribution >= 4 is 7.91 Å². The van der Waals surface area contributed by atoms with Gasteiger partial charge < -0.3 is 11.5 Å². The lowest BCUT2D eigenvalue weighted by atomic mass is 10.0. The average Bonchev–Trinajstić information content (AvgIpc) is 2.97. The summed E-state index contributed by atoms with van der Waals surface area (Å²) in [6.45, 7) is 6.30. The maximum atomic E-state index is 10.4. The SMILES string of the molecule is CCCCCCCC/C=C\CCCCCCCCN.CCCCCCCCCCCCCCCCCCN.O=P(O)(O)F. The molecule has 0 aromatic rings. The molecular formula is C36H78FN2O3P. The van der Waals surface area contributed by atoms with Crippen LogP contribution in [0.15, 0.2) is 12.2 Å². The van der Waals surface area contributed by atoms with Crippen LogP contribution in [0.1, 0.15) is 206 Å². The summed E-state index contributed by atoms with van der Waals surface area (Å²) in [5.41, 5.74) is 11.0. The van der Waals surface area contributed by atoms with Crippen LogP contribution in [-0.2, 0) is 4.57 Å². The van der Waals surface area contributed by atoms with Crippen molar-refractivity contribution in [2.24, 2.45) is 11.5 Å². The predicted octanol–water partition coefficient (Wildman–Crippen LogP) is 12.2. The molecule has 0 bridgehead atoms. The van der Waals surface area contributed by atoms with Crippen molar-refractivity contribution in [3.05, 3.63) is 12.2 Å². The van der Waals surface area contributed by atoms with Gasteiger partial charge in [0.2, 0.25) is 0 Å². The van der Waals surface area contributed by atoms with Crippen molar-refractivity contribution in [2.45, 2.75) is 206 Å². The molecule has 0 atom stereocenters. The number of nitrogens with two attached hydrogens (primary N) is 2. The van der Waals surface area contributed by atoms with Crippen LogP contribution in [0.3, 0.4) is 0 Å². The monoisotopic (exact) mass is 637 g/mol. The Hall–Kier alpha value is -0.260. The number of hydrogen-bond acceptors (Lipinski definition) is 3. The van der Waals surface area contributed by atoms with Gasteiger partial charge in [-0.3, -0.25) is 9.79 Å². The second-order valence-corrected chi connectivity index (χ2v) is 13.2. The first kappa shape index (κ1) is 47.2. The van der Waals surface area contributed by atoms with E-state index in [1.54, 1.807) is 0 Å². The van der Waals surface area contributed by atoms with Crippen LogP contribution in [0, 0.1) is 0 Å². The third-order valence-electron chi connectivity index (χ3n) is 7.77. The molecule has 0 unspecified atom stereocenters. The number of rotatable bonds is 31. The fraction of sp³-hybridized carbons (Fsp3) is 0.944. The lowest BCUT2D eigenvalue weighted by Gasteiger charge is -2.03. The molecular weight excluding hydrogens is 558 g/mol. The fourth-order valence-corrected chi connectivity index (χ4v) is 5.08. The Bertz CT molecular complexity index is 522. The van der Waals surface area contributed by atoms with E-state index in [2.05, 4.69) is 26.0 Å². The van der Waals surface area contributed by atoms with Crippen molar-refractivity contribution in [1.82, 2.24) is 0 Å². The van der Waals surface area contributed by atoms with E-state index in [4.69, 9.17) is 25.8 Å². The first-order valence-electron chi connectivity index (χ1n) is 18.6. The topological polar surface area (TPSA) is 110 Å². The van der Waals surface area contributed by atoms with Crippen molar-refractivity contribution in [3.8, 4) is 0 Å². The normalized spacial score (nSPS) is 11.3. The third-order valence-corrected chi connectivity index (χ3v) is 7.77. The standard InChI is InChI=1S/C18H39N.C18H37N.FH2O3P/c2*1-2-3-4-5-6-7-8-9-10-11-12-13-14-15-16-17-18-19;1-5(2,3)4/h2-19H2,1H3;9-10H,2-8,11-19H2,1H3;(H2,2,3,4)/b;10-9-;. The molecule has 0 radical (unpaired) electrons. The molecule has 0 aromatic carbocycles. The molecule has 0 saturated heterocycles. The van der Waals surface area contributed by atoms with Gasteiger partial charge in [0, 0.05) is 0 Å². The molecule has 0 fully saturated rings. The van der Waals surface area contributed by atoms with Gasteiger partial charge in [0.15, 0.2) is 0 Å². The van der Waals surface area contributed by atoms with Gasteiger partial charge >= 0.3 is 7.91 Å². The Balaban J connectivity index is -0.000000642. The molecule has 43 heavy (non-hydrogen) atoms. The van der Waals surface area contributed by atoms with Gasteiger partial charge in [-0.25, -0.2) is 4.57 Å². The molecule has 6 N–H and O–H groups in total. The molecule has 262 valence electrons. The smallest absolute Gasteiger partial charge is 0.330 e. The van der Waals surface area contributed by atoms with Crippen molar-refractivity contribution in [3.63, 3.8) is 0 Å². The highest BCUT2D eigenvalue weighted by Gasteiger charge is 2.04. The minimum absolute atomic E-state index is 0.862. The molecule has 0 aliphatic rings. The summed E-state index contributed by atoms with van der Waals surface area (Å²) < 4.78 is 19.0. The first-order chi connectivity index (χ1) is 20.8. The van der Waals surface area contributed by atoms with Crippen LogP contribution in [0.25, 0.3) is 0 Å². The molecule has 0 amide bonds. The van der Waals surface area contributed by atoms with Gasteiger partial charge in [-0.2, -0.15) is 0 Å². The van der Waals surface area contributed by atoms with Gasteiger partial charge in [0.1, 0.15) is 0 Å². The van der Waals surface area contributed by atoms with Crippen LogP contribution < -0.4 is 11.5 Å². The summed E-state index contributed by atoms with van der Waals surface area (Å²) in [4.78, 5) is 13.9. The van der Waals surface area contributed by atoms with Gasteiger partial charge in [0.05, 0.1) is 0 Å². The molecule has 0 heterocycles. The van der Waals surface area contributed by atoms with Crippen LogP contribution in [0.5, 0.6) is 0 Å². The van der Waals surface area contributed by atoms with Crippen LogP contribution >= 0.6 is 7.91 Å². The lowest BCUT2D eigenvalue weighted by Crippen LogP contribution is -1.97. The second-order valence-electron chi connectivity index (χ2n) is 12.3. The average molecular weight is 637 g/mol. The largest absolute Gasteiger partial charge is 0.507 e. The molecule has 0 saturated carbocycles. The third kappa shape index (κ3) is 65.4. The molecule has 0 aliphatic carbocycles. The zero-order valence-corrected chi connectivity index (χ0v) is 30.0. The van der Waals surface area contributed by atoms with Crippen LogP contribution in [0.2, 0.25) is 0 Å². The van der Waals surface area contributed by atoms with E-state index < -0.39 is 7.91 Å². The zero-order valence-electron chi connectivity index (χ0n) is 29.1. The van der Waals surface area contributed by atoms with E-state index >= 15 is 0 Å². The summed E-state index contributed by atoms with van der Waals surface area (Å²) >= 11 is 0. The molecule has 0 aliphatic heterocycles. The lowest BCUT2D eigenvalue weighted by molar-refractivity contribution is 0.322. The Labute approximate surface area is 269 Å². The van der Waals surface area contributed by atoms with Gasteiger partial charge in [-0.05, 0) is 51.6 Å². The minimum Gasteiger partial charge on any atom is -0.330 e. The van der Waals surface area contributed by atoms with Crippen LogP contribution in [-0.4, -0.2) is 22.9 Å². The van der Waals surface area contributed by atoms with Gasteiger partial charge in [0.25, 0.3) is 0 Å². The molecule has 0 rings (SSSR count). The minimum atomic E-state index is -5.14. The van der Waals surface area contributed by atoms with Gasteiger partial charge in [-0.1, -0.05) is 180 Å². The predicted molar refractivity (Wildman–Crippen MR) is 190 cm³/mol. The summed E-state index contributed by atoms with van der Waals surface area (Å²) in [6.07, 6.45) is 46.7. The highest BCUT2D eigenvalue weighted by Crippen LogP contribution is 2.35. The van der Waals surface area contributed by atoms with Crippen molar-refractivity contribution in [2.75, 3.05) is 13.1 Å². The summed E-state index contributed by atoms with van der Waals surface area (Å²) in [7, 11) is -5.14. The van der Waals surface area contributed by atoms with E-state index in [1.807, 2.05) is 0 Å². The number of halogens is 1. The molecule has 7 heteroatoms. The van der Waals surface area contributed by atoms with Crippen LogP contribution in [0.4, 0.5) is 4.20 Å². The summed E-state index contributed by atoms with van der Waals surface area (Å²) in [5, 5.41) is 0. The summed E-state index contributed by atoms with van der Waals surface area (Å²) in [5.74, 6) is 0. The van der Waals surface area contributed by atoms with E-state index in [9.17, 15) is 4.20 Å². The zero-order chi connectivity index (χ0) is 32.5. The number of unbranched alkanes of at least 4 members (excludes halogenated alkanes) is 27. The molecule has 0 aromatic heterocycles. The quantitative estimate of drug-likeness (QED) is 0.0344. The van der Waals surface area contributed by atoms with E-state index in [0.717, 1.165) is 13.1 Å². The maximum absolute atomic E-state index is 10.4. The Morgan fingerprint density at radius 3 is 0.837 bits per heavy atom. The van der Waals surface area contributed by atoms with Crippen molar-refractivity contribution in [1.29, 1.82) is 0 Å². The Morgan fingerprint density at radius 1 is 0.442 bits per heavy atom.